The molecular formula is C27H28N6O2S. The lowest BCUT2D eigenvalue weighted by Gasteiger charge is -2.18. The molecule has 8 nitrogen and oxygen atoms in total. The molecule has 0 aliphatic rings. The number of nitrogens with one attached hydrogen (secondary N) is 3. The summed E-state index contributed by atoms with van der Waals surface area (Å²) in [5.41, 5.74) is 3.90. The molecule has 3 aromatic carbocycles. The van der Waals surface area contributed by atoms with Crippen molar-refractivity contribution < 1.29 is 9.59 Å². The van der Waals surface area contributed by atoms with Crippen molar-refractivity contribution in [3.05, 3.63) is 96.1 Å². The van der Waals surface area contributed by atoms with E-state index < -0.39 is 12.1 Å². The minimum Gasteiger partial charge on any atom is -0.378 e. The van der Waals surface area contributed by atoms with Gasteiger partial charge in [0, 0.05) is 38.3 Å². The molecule has 0 spiro atoms. The number of amides is 3. The molecular weight excluding hydrogens is 472 g/mol. The molecule has 3 amide bonds. The van der Waals surface area contributed by atoms with Gasteiger partial charge in [-0.05, 0) is 35.4 Å². The highest BCUT2D eigenvalue weighted by atomic mass is 32.1. The lowest BCUT2D eigenvalue weighted by Crippen LogP contribution is -2.49. The molecule has 36 heavy (non-hydrogen) atoms. The standard InChI is InChI=1S/C27H28N6O2S/c1-33(2)22-15-13-21(14-16-22)25-31-32-27(36-25)30-24(34)23(17-19-9-5-3-6-10-19)29-26(35)28-18-20-11-7-4-8-12-20/h3-16,23H,17-18H2,1-2H3,(H2,28,29,35)(H,30,32,34). The van der Waals surface area contributed by atoms with E-state index in [1.165, 1.54) is 11.3 Å². The second-order valence-corrected chi connectivity index (χ2v) is 9.38. The Morgan fingerprint density at radius 1 is 0.861 bits per heavy atom. The fraction of sp³-hybridized carbons (Fsp3) is 0.185. The van der Waals surface area contributed by atoms with Crippen molar-refractivity contribution in [1.29, 1.82) is 0 Å². The summed E-state index contributed by atoms with van der Waals surface area (Å²) in [5, 5.41) is 17.9. The molecule has 0 radical (unpaired) electrons. The van der Waals surface area contributed by atoms with Gasteiger partial charge in [0.15, 0.2) is 0 Å². The van der Waals surface area contributed by atoms with E-state index in [1.807, 2.05) is 104 Å². The third kappa shape index (κ3) is 6.89. The lowest BCUT2D eigenvalue weighted by atomic mass is 10.1. The molecule has 0 aliphatic carbocycles. The van der Waals surface area contributed by atoms with E-state index in [1.54, 1.807) is 0 Å². The summed E-state index contributed by atoms with van der Waals surface area (Å²) >= 11 is 1.28. The summed E-state index contributed by atoms with van der Waals surface area (Å²) in [6, 6.07) is 25.9. The molecule has 3 N–H and O–H groups in total. The van der Waals surface area contributed by atoms with Crippen molar-refractivity contribution in [2.24, 2.45) is 0 Å². The molecule has 1 atom stereocenters. The highest BCUT2D eigenvalue weighted by molar-refractivity contribution is 7.18. The van der Waals surface area contributed by atoms with Crippen LogP contribution in [0.2, 0.25) is 0 Å². The summed E-state index contributed by atoms with van der Waals surface area (Å²) < 4.78 is 0. The van der Waals surface area contributed by atoms with Gasteiger partial charge in [-0.15, -0.1) is 10.2 Å². The predicted molar refractivity (Wildman–Crippen MR) is 144 cm³/mol. The molecule has 184 valence electrons. The SMILES string of the molecule is CN(C)c1ccc(-c2nnc(NC(=O)C(Cc3ccccc3)NC(=O)NCc3ccccc3)s2)cc1. The first-order valence-electron chi connectivity index (χ1n) is 11.5. The van der Waals surface area contributed by atoms with Crippen molar-refractivity contribution in [3.63, 3.8) is 0 Å². The largest absolute Gasteiger partial charge is 0.378 e. The lowest BCUT2D eigenvalue weighted by molar-refractivity contribution is -0.117. The second kappa shape index (κ2) is 11.9. The van der Waals surface area contributed by atoms with Gasteiger partial charge in [0.2, 0.25) is 11.0 Å². The van der Waals surface area contributed by atoms with Gasteiger partial charge in [-0.1, -0.05) is 72.0 Å². The number of benzene rings is 3. The van der Waals surface area contributed by atoms with Crippen molar-refractivity contribution >= 4 is 34.1 Å². The maximum absolute atomic E-state index is 13.2. The highest BCUT2D eigenvalue weighted by Crippen LogP contribution is 2.28. The van der Waals surface area contributed by atoms with Crippen LogP contribution in [0.25, 0.3) is 10.6 Å². The van der Waals surface area contributed by atoms with E-state index in [4.69, 9.17) is 0 Å². The molecule has 1 unspecified atom stereocenters. The Labute approximate surface area is 214 Å². The molecule has 0 bridgehead atoms. The fourth-order valence-electron chi connectivity index (χ4n) is 3.53. The molecule has 1 aromatic heterocycles. The number of aromatic nitrogens is 2. The van der Waals surface area contributed by atoms with Crippen LogP contribution in [0.1, 0.15) is 11.1 Å². The fourth-order valence-corrected chi connectivity index (χ4v) is 4.28. The van der Waals surface area contributed by atoms with E-state index in [2.05, 4.69) is 26.1 Å². The second-order valence-electron chi connectivity index (χ2n) is 8.40. The molecule has 1 heterocycles. The molecule has 9 heteroatoms. The molecule has 4 aromatic rings. The van der Waals surface area contributed by atoms with Gasteiger partial charge in [-0.25, -0.2) is 4.79 Å². The van der Waals surface area contributed by atoms with Crippen molar-refractivity contribution in [2.45, 2.75) is 19.0 Å². The predicted octanol–water partition coefficient (Wildman–Crippen LogP) is 4.32. The number of urea groups is 1. The Bertz CT molecular complexity index is 1280. The first-order valence-corrected chi connectivity index (χ1v) is 12.3. The van der Waals surface area contributed by atoms with Crippen molar-refractivity contribution in [2.75, 3.05) is 24.3 Å². The minimum absolute atomic E-state index is 0.336. The highest BCUT2D eigenvalue weighted by Gasteiger charge is 2.23. The first-order chi connectivity index (χ1) is 17.5. The number of anilines is 2. The third-order valence-electron chi connectivity index (χ3n) is 5.49. The van der Waals surface area contributed by atoms with Crippen LogP contribution in [0.15, 0.2) is 84.9 Å². The molecule has 0 saturated carbocycles. The summed E-state index contributed by atoms with van der Waals surface area (Å²) in [4.78, 5) is 27.8. The number of hydrogen-bond acceptors (Lipinski definition) is 6. The average molecular weight is 501 g/mol. The Balaban J connectivity index is 1.42. The molecule has 0 saturated heterocycles. The van der Waals surface area contributed by atoms with E-state index in [0.29, 0.717) is 23.1 Å². The van der Waals surface area contributed by atoms with Crippen LogP contribution in [0.5, 0.6) is 0 Å². The van der Waals surface area contributed by atoms with Crippen molar-refractivity contribution in [3.8, 4) is 10.6 Å². The maximum atomic E-state index is 13.2. The molecule has 0 fully saturated rings. The van der Waals surface area contributed by atoms with E-state index in [9.17, 15) is 9.59 Å². The smallest absolute Gasteiger partial charge is 0.315 e. The van der Waals surface area contributed by atoms with Crippen LogP contribution in [0.4, 0.5) is 15.6 Å². The first kappa shape index (κ1) is 24.9. The minimum atomic E-state index is -0.796. The zero-order chi connectivity index (χ0) is 25.3. The quantitative estimate of drug-likeness (QED) is 0.318. The Morgan fingerprint density at radius 3 is 2.14 bits per heavy atom. The Kier molecular flexibility index (Phi) is 8.25. The van der Waals surface area contributed by atoms with Gasteiger partial charge >= 0.3 is 6.03 Å². The summed E-state index contributed by atoms with van der Waals surface area (Å²) in [6.45, 7) is 0.360. The molecule has 4 rings (SSSR count). The van der Waals surface area contributed by atoms with Gasteiger partial charge in [0.1, 0.15) is 11.0 Å². The summed E-state index contributed by atoms with van der Waals surface area (Å²) in [5.74, 6) is -0.362. The summed E-state index contributed by atoms with van der Waals surface area (Å²) in [7, 11) is 3.96. The summed E-state index contributed by atoms with van der Waals surface area (Å²) in [6.07, 6.45) is 0.336. The third-order valence-corrected chi connectivity index (χ3v) is 6.37. The van der Waals surface area contributed by atoms with E-state index in [-0.39, 0.29) is 5.91 Å². The van der Waals surface area contributed by atoms with Gasteiger partial charge in [0.05, 0.1) is 0 Å². The number of carbonyl (C=O) groups is 2. The number of carbonyl (C=O) groups excluding carboxylic acids is 2. The van der Waals surface area contributed by atoms with Crippen LogP contribution < -0.4 is 20.9 Å². The zero-order valence-corrected chi connectivity index (χ0v) is 21.0. The monoisotopic (exact) mass is 500 g/mol. The topological polar surface area (TPSA) is 99.2 Å². The number of hydrogen-bond donors (Lipinski definition) is 3. The zero-order valence-electron chi connectivity index (χ0n) is 20.1. The van der Waals surface area contributed by atoms with Gasteiger partial charge in [-0.2, -0.15) is 0 Å². The van der Waals surface area contributed by atoms with Crippen LogP contribution >= 0.6 is 11.3 Å². The molecule has 0 aliphatic heterocycles. The van der Waals surface area contributed by atoms with Crippen LogP contribution in [0, 0.1) is 0 Å². The van der Waals surface area contributed by atoms with Crippen LogP contribution in [-0.2, 0) is 17.8 Å². The van der Waals surface area contributed by atoms with Crippen molar-refractivity contribution in [1.82, 2.24) is 20.8 Å². The maximum Gasteiger partial charge on any atom is 0.315 e. The van der Waals surface area contributed by atoms with Gasteiger partial charge in [-0.3, -0.25) is 10.1 Å². The van der Waals surface area contributed by atoms with E-state index >= 15 is 0 Å². The normalized spacial score (nSPS) is 11.4. The van der Waals surface area contributed by atoms with Crippen LogP contribution in [0.3, 0.4) is 0 Å². The Morgan fingerprint density at radius 2 is 1.50 bits per heavy atom. The van der Waals surface area contributed by atoms with Crippen LogP contribution in [-0.4, -0.2) is 42.3 Å². The van der Waals surface area contributed by atoms with E-state index in [0.717, 1.165) is 22.4 Å². The average Bonchev–Trinajstić information content (AvgIpc) is 3.37. The van der Waals surface area contributed by atoms with Gasteiger partial charge < -0.3 is 15.5 Å². The number of rotatable bonds is 9. The number of nitrogens with zero attached hydrogens (tertiary/aromatic N) is 3. The van der Waals surface area contributed by atoms with Gasteiger partial charge in [0.25, 0.3) is 0 Å². The Hall–Kier alpha value is -4.24.